The standard InChI is InChI=1S/C14H21NO/c1-2-15(13-9-6-10-14(13)16)11-12-7-4-3-5-8-12/h3-5,7-8,13-14,16H,2,6,9-11H2,1H3/t13-,14-/m0/s1. The fourth-order valence-corrected chi connectivity index (χ4v) is 2.63. The van der Waals surface area contributed by atoms with Crippen molar-refractivity contribution in [3.05, 3.63) is 35.9 Å². The van der Waals surface area contributed by atoms with Crippen molar-refractivity contribution in [2.24, 2.45) is 0 Å². The summed E-state index contributed by atoms with van der Waals surface area (Å²) < 4.78 is 0. The topological polar surface area (TPSA) is 23.5 Å². The first kappa shape index (κ1) is 11.6. The van der Waals surface area contributed by atoms with E-state index in [1.165, 1.54) is 5.56 Å². The average Bonchev–Trinajstić information content (AvgIpc) is 2.74. The molecule has 88 valence electrons. The van der Waals surface area contributed by atoms with Gasteiger partial charge in [0.25, 0.3) is 0 Å². The van der Waals surface area contributed by atoms with Crippen molar-refractivity contribution in [1.29, 1.82) is 0 Å². The summed E-state index contributed by atoms with van der Waals surface area (Å²) >= 11 is 0. The second kappa shape index (κ2) is 5.46. The number of benzene rings is 1. The van der Waals surface area contributed by atoms with Crippen LogP contribution in [0, 0.1) is 0 Å². The predicted molar refractivity (Wildman–Crippen MR) is 66.2 cm³/mol. The molecule has 2 rings (SSSR count). The molecular weight excluding hydrogens is 198 g/mol. The summed E-state index contributed by atoms with van der Waals surface area (Å²) in [5.74, 6) is 0. The van der Waals surface area contributed by atoms with Crippen LogP contribution in [0.4, 0.5) is 0 Å². The molecular formula is C14H21NO. The van der Waals surface area contributed by atoms with Crippen LogP contribution in [0.15, 0.2) is 30.3 Å². The van der Waals surface area contributed by atoms with Gasteiger partial charge >= 0.3 is 0 Å². The second-order valence-electron chi connectivity index (χ2n) is 4.61. The maximum Gasteiger partial charge on any atom is 0.0695 e. The minimum atomic E-state index is -0.122. The monoisotopic (exact) mass is 219 g/mol. The molecule has 0 aliphatic heterocycles. The fraction of sp³-hybridized carbons (Fsp3) is 0.571. The second-order valence-corrected chi connectivity index (χ2v) is 4.61. The van der Waals surface area contributed by atoms with Crippen LogP contribution < -0.4 is 0 Å². The molecule has 0 bridgehead atoms. The normalized spacial score (nSPS) is 25.2. The third kappa shape index (κ3) is 2.63. The SMILES string of the molecule is CCN(Cc1ccccc1)[C@H]1CCC[C@@H]1O. The molecule has 1 aromatic carbocycles. The Morgan fingerprint density at radius 2 is 2.00 bits per heavy atom. The third-order valence-corrected chi connectivity index (χ3v) is 3.55. The van der Waals surface area contributed by atoms with Crippen LogP contribution >= 0.6 is 0 Å². The molecule has 1 N–H and O–H groups in total. The number of aliphatic hydroxyl groups excluding tert-OH is 1. The summed E-state index contributed by atoms with van der Waals surface area (Å²) in [5.41, 5.74) is 1.34. The lowest BCUT2D eigenvalue weighted by Gasteiger charge is -2.29. The van der Waals surface area contributed by atoms with Gasteiger partial charge in [0, 0.05) is 12.6 Å². The number of rotatable bonds is 4. The molecule has 0 spiro atoms. The van der Waals surface area contributed by atoms with Crippen molar-refractivity contribution in [3.8, 4) is 0 Å². The van der Waals surface area contributed by atoms with Crippen molar-refractivity contribution in [2.75, 3.05) is 6.54 Å². The Morgan fingerprint density at radius 1 is 1.25 bits per heavy atom. The molecule has 1 aliphatic rings. The van der Waals surface area contributed by atoms with Gasteiger partial charge in [-0.15, -0.1) is 0 Å². The molecule has 0 heterocycles. The fourth-order valence-electron chi connectivity index (χ4n) is 2.63. The lowest BCUT2D eigenvalue weighted by Crippen LogP contribution is -2.39. The first-order valence-electron chi connectivity index (χ1n) is 6.27. The van der Waals surface area contributed by atoms with Gasteiger partial charge < -0.3 is 5.11 Å². The maximum atomic E-state index is 9.93. The molecule has 0 saturated heterocycles. The quantitative estimate of drug-likeness (QED) is 0.840. The molecule has 0 unspecified atom stereocenters. The van der Waals surface area contributed by atoms with E-state index in [0.717, 1.165) is 32.4 Å². The third-order valence-electron chi connectivity index (χ3n) is 3.55. The predicted octanol–water partition coefficient (Wildman–Crippen LogP) is 2.42. The lowest BCUT2D eigenvalue weighted by atomic mass is 10.1. The minimum Gasteiger partial charge on any atom is -0.391 e. The highest BCUT2D eigenvalue weighted by atomic mass is 16.3. The zero-order chi connectivity index (χ0) is 11.4. The highest BCUT2D eigenvalue weighted by Gasteiger charge is 2.29. The number of likely N-dealkylation sites (N-methyl/N-ethyl adjacent to an activating group) is 1. The molecule has 16 heavy (non-hydrogen) atoms. The molecule has 0 amide bonds. The molecule has 1 aliphatic carbocycles. The van der Waals surface area contributed by atoms with Gasteiger partial charge in [-0.3, -0.25) is 4.90 Å². The van der Waals surface area contributed by atoms with E-state index < -0.39 is 0 Å². The largest absolute Gasteiger partial charge is 0.391 e. The molecule has 1 saturated carbocycles. The van der Waals surface area contributed by atoms with Crippen molar-refractivity contribution in [1.82, 2.24) is 4.90 Å². The van der Waals surface area contributed by atoms with Crippen molar-refractivity contribution in [2.45, 2.75) is 44.9 Å². The highest BCUT2D eigenvalue weighted by Crippen LogP contribution is 2.25. The molecule has 1 fully saturated rings. The minimum absolute atomic E-state index is 0.122. The van der Waals surface area contributed by atoms with Crippen LogP contribution in [0.2, 0.25) is 0 Å². The van der Waals surface area contributed by atoms with Crippen LogP contribution in [0.25, 0.3) is 0 Å². The number of hydrogen-bond donors (Lipinski definition) is 1. The van der Waals surface area contributed by atoms with E-state index in [-0.39, 0.29) is 6.10 Å². The van der Waals surface area contributed by atoms with Gasteiger partial charge in [0.1, 0.15) is 0 Å². The summed E-state index contributed by atoms with van der Waals surface area (Å²) in [5, 5.41) is 9.93. The Bertz CT molecular complexity index is 312. The van der Waals surface area contributed by atoms with Gasteiger partial charge in [-0.1, -0.05) is 37.3 Å². The van der Waals surface area contributed by atoms with Crippen molar-refractivity contribution in [3.63, 3.8) is 0 Å². The van der Waals surface area contributed by atoms with Gasteiger partial charge in [0.15, 0.2) is 0 Å². The van der Waals surface area contributed by atoms with Crippen molar-refractivity contribution >= 4 is 0 Å². The van der Waals surface area contributed by atoms with Crippen LogP contribution in [-0.2, 0) is 6.54 Å². The van der Waals surface area contributed by atoms with E-state index in [4.69, 9.17) is 0 Å². The van der Waals surface area contributed by atoms with Crippen LogP contribution in [0.3, 0.4) is 0 Å². The van der Waals surface area contributed by atoms with Crippen LogP contribution in [0.5, 0.6) is 0 Å². The Kier molecular flexibility index (Phi) is 3.97. The van der Waals surface area contributed by atoms with E-state index in [0.29, 0.717) is 6.04 Å². The summed E-state index contributed by atoms with van der Waals surface area (Å²) in [6, 6.07) is 10.9. The van der Waals surface area contributed by atoms with Crippen molar-refractivity contribution < 1.29 is 5.11 Å². The Balaban J connectivity index is 2.00. The Labute approximate surface area is 97.9 Å². The number of nitrogens with zero attached hydrogens (tertiary/aromatic N) is 1. The Hall–Kier alpha value is -0.860. The smallest absolute Gasteiger partial charge is 0.0695 e. The first-order chi connectivity index (χ1) is 7.81. The highest BCUT2D eigenvalue weighted by molar-refractivity contribution is 5.14. The molecule has 0 radical (unpaired) electrons. The van der Waals surface area contributed by atoms with E-state index in [1.807, 2.05) is 6.07 Å². The van der Waals surface area contributed by atoms with Gasteiger partial charge in [-0.25, -0.2) is 0 Å². The lowest BCUT2D eigenvalue weighted by molar-refractivity contribution is 0.0693. The maximum absolute atomic E-state index is 9.93. The van der Waals surface area contributed by atoms with Crippen LogP contribution in [-0.4, -0.2) is 28.7 Å². The number of aliphatic hydroxyl groups is 1. The molecule has 2 nitrogen and oxygen atoms in total. The van der Waals surface area contributed by atoms with Gasteiger partial charge in [0.05, 0.1) is 6.10 Å². The molecule has 2 heteroatoms. The summed E-state index contributed by atoms with van der Waals surface area (Å²) in [6.45, 7) is 4.14. The molecule has 0 aromatic heterocycles. The van der Waals surface area contributed by atoms with Gasteiger partial charge in [-0.2, -0.15) is 0 Å². The number of hydrogen-bond acceptors (Lipinski definition) is 2. The van der Waals surface area contributed by atoms with Gasteiger partial charge in [0.2, 0.25) is 0 Å². The van der Waals surface area contributed by atoms with Crippen LogP contribution in [0.1, 0.15) is 31.7 Å². The van der Waals surface area contributed by atoms with E-state index >= 15 is 0 Å². The summed E-state index contributed by atoms with van der Waals surface area (Å²) in [4.78, 5) is 2.40. The summed E-state index contributed by atoms with van der Waals surface area (Å²) in [6.07, 6.45) is 3.15. The van der Waals surface area contributed by atoms with E-state index in [9.17, 15) is 5.11 Å². The summed E-state index contributed by atoms with van der Waals surface area (Å²) in [7, 11) is 0. The first-order valence-corrected chi connectivity index (χ1v) is 6.27. The molecule has 2 atom stereocenters. The zero-order valence-corrected chi connectivity index (χ0v) is 9.97. The average molecular weight is 219 g/mol. The molecule has 1 aromatic rings. The van der Waals surface area contributed by atoms with Gasteiger partial charge in [-0.05, 0) is 31.4 Å². The van der Waals surface area contributed by atoms with E-state index in [2.05, 4.69) is 36.1 Å². The Morgan fingerprint density at radius 3 is 2.56 bits per heavy atom. The van der Waals surface area contributed by atoms with E-state index in [1.54, 1.807) is 0 Å². The zero-order valence-electron chi connectivity index (χ0n) is 9.97.